The molecule has 4 nitrogen and oxygen atoms in total. The smallest absolute Gasteiger partial charge is 0.101 e. The Morgan fingerprint density at radius 1 is 1.31 bits per heavy atom. The highest BCUT2D eigenvalue weighted by atomic mass is 15.3. The van der Waals surface area contributed by atoms with Gasteiger partial charge in [-0.3, -0.25) is 4.98 Å². The fourth-order valence-electron chi connectivity index (χ4n) is 1.98. The molecule has 0 unspecified atom stereocenters. The molecule has 1 aromatic heterocycles. The van der Waals surface area contributed by atoms with Crippen LogP contribution in [-0.2, 0) is 0 Å². The zero-order chi connectivity index (χ0) is 11.4. The van der Waals surface area contributed by atoms with Crippen molar-refractivity contribution in [3.8, 4) is 6.07 Å². The van der Waals surface area contributed by atoms with E-state index >= 15 is 0 Å². The Bertz CT molecular complexity index is 388. The topological polar surface area (TPSA) is 43.2 Å². The molecule has 0 N–H and O–H groups in total. The third kappa shape index (κ3) is 2.31. The second-order valence-corrected chi connectivity index (χ2v) is 3.96. The van der Waals surface area contributed by atoms with E-state index in [-0.39, 0.29) is 0 Å². The van der Waals surface area contributed by atoms with Gasteiger partial charge in [-0.15, -0.1) is 0 Å². The minimum absolute atomic E-state index is 0.635. The van der Waals surface area contributed by atoms with Crippen molar-refractivity contribution in [3.63, 3.8) is 0 Å². The van der Waals surface area contributed by atoms with Crippen LogP contribution < -0.4 is 4.90 Å². The lowest BCUT2D eigenvalue weighted by Crippen LogP contribution is -2.46. The van der Waals surface area contributed by atoms with Gasteiger partial charge in [-0.05, 0) is 12.6 Å². The van der Waals surface area contributed by atoms with Gasteiger partial charge in [0.2, 0.25) is 0 Å². The van der Waals surface area contributed by atoms with Crippen molar-refractivity contribution in [2.45, 2.75) is 6.92 Å². The van der Waals surface area contributed by atoms with Crippen LogP contribution in [-0.4, -0.2) is 42.6 Å². The van der Waals surface area contributed by atoms with E-state index in [2.05, 4.69) is 27.8 Å². The monoisotopic (exact) mass is 216 g/mol. The van der Waals surface area contributed by atoms with Crippen LogP contribution in [0.4, 0.5) is 5.69 Å². The van der Waals surface area contributed by atoms with Gasteiger partial charge < -0.3 is 9.80 Å². The number of nitriles is 1. The van der Waals surface area contributed by atoms with Crippen LogP contribution in [0.25, 0.3) is 0 Å². The van der Waals surface area contributed by atoms with Gasteiger partial charge in [0.25, 0.3) is 0 Å². The van der Waals surface area contributed by atoms with Gasteiger partial charge in [-0.25, -0.2) is 0 Å². The maximum atomic E-state index is 8.82. The van der Waals surface area contributed by atoms with Crippen LogP contribution in [0.3, 0.4) is 0 Å². The first-order valence-electron chi connectivity index (χ1n) is 5.66. The Kier molecular flexibility index (Phi) is 3.37. The van der Waals surface area contributed by atoms with Crippen molar-refractivity contribution in [1.29, 1.82) is 5.26 Å². The molecular formula is C12H16N4. The highest BCUT2D eigenvalue weighted by Gasteiger charge is 2.15. The lowest BCUT2D eigenvalue weighted by molar-refractivity contribution is 0.271. The van der Waals surface area contributed by atoms with Crippen molar-refractivity contribution >= 4 is 5.69 Å². The van der Waals surface area contributed by atoms with Crippen molar-refractivity contribution in [2.24, 2.45) is 0 Å². The number of piperazine rings is 1. The standard InChI is InChI=1S/C12H16N4/c1-2-15-3-5-16(6-4-15)12-7-11(8-13)9-14-10-12/h7,9-10H,2-6H2,1H3. The second kappa shape index (κ2) is 4.95. The van der Waals surface area contributed by atoms with E-state index in [1.54, 1.807) is 6.20 Å². The van der Waals surface area contributed by atoms with Crippen molar-refractivity contribution < 1.29 is 0 Å². The zero-order valence-electron chi connectivity index (χ0n) is 9.56. The minimum atomic E-state index is 0.635. The summed E-state index contributed by atoms with van der Waals surface area (Å²) < 4.78 is 0. The van der Waals surface area contributed by atoms with Crippen LogP contribution in [0, 0.1) is 11.3 Å². The fraction of sp³-hybridized carbons (Fsp3) is 0.500. The molecule has 0 saturated carbocycles. The normalized spacial score (nSPS) is 17.1. The van der Waals surface area contributed by atoms with E-state index in [4.69, 9.17) is 5.26 Å². The SMILES string of the molecule is CCN1CCN(c2cncc(C#N)c2)CC1. The fourth-order valence-corrected chi connectivity index (χ4v) is 1.98. The summed E-state index contributed by atoms with van der Waals surface area (Å²) >= 11 is 0. The van der Waals surface area contributed by atoms with Gasteiger partial charge in [-0.2, -0.15) is 5.26 Å². The van der Waals surface area contributed by atoms with Crippen LogP contribution in [0.1, 0.15) is 12.5 Å². The molecule has 0 aliphatic carbocycles. The molecule has 0 bridgehead atoms. The number of pyridine rings is 1. The number of hydrogen-bond donors (Lipinski definition) is 0. The Morgan fingerprint density at radius 3 is 2.69 bits per heavy atom. The van der Waals surface area contributed by atoms with E-state index in [9.17, 15) is 0 Å². The van der Waals surface area contributed by atoms with E-state index in [1.807, 2.05) is 12.3 Å². The number of likely N-dealkylation sites (N-methyl/N-ethyl adjacent to an activating group) is 1. The largest absolute Gasteiger partial charge is 0.368 e. The van der Waals surface area contributed by atoms with E-state index < -0.39 is 0 Å². The van der Waals surface area contributed by atoms with Gasteiger partial charge in [0.05, 0.1) is 17.4 Å². The summed E-state index contributed by atoms with van der Waals surface area (Å²) in [5.41, 5.74) is 1.70. The first-order chi connectivity index (χ1) is 7.83. The van der Waals surface area contributed by atoms with Crippen molar-refractivity contribution in [1.82, 2.24) is 9.88 Å². The number of aromatic nitrogens is 1. The summed E-state index contributed by atoms with van der Waals surface area (Å²) in [6.45, 7) is 7.52. The molecule has 4 heteroatoms. The molecule has 1 aliphatic rings. The molecule has 1 aliphatic heterocycles. The molecule has 84 valence electrons. The summed E-state index contributed by atoms with van der Waals surface area (Å²) in [7, 11) is 0. The van der Waals surface area contributed by atoms with Gasteiger partial charge in [0.1, 0.15) is 6.07 Å². The second-order valence-electron chi connectivity index (χ2n) is 3.96. The van der Waals surface area contributed by atoms with E-state index in [1.165, 1.54) is 0 Å². The van der Waals surface area contributed by atoms with Gasteiger partial charge in [0, 0.05) is 32.4 Å². The molecule has 2 rings (SSSR count). The summed E-state index contributed by atoms with van der Waals surface area (Å²) in [4.78, 5) is 8.81. The molecular weight excluding hydrogens is 200 g/mol. The van der Waals surface area contributed by atoms with Gasteiger partial charge in [-0.1, -0.05) is 6.92 Å². The Balaban J connectivity index is 2.05. The van der Waals surface area contributed by atoms with Crippen molar-refractivity contribution in [2.75, 3.05) is 37.6 Å². The molecule has 0 aromatic carbocycles. The number of nitrogens with zero attached hydrogens (tertiary/aromatic N) is 4. The van der Waals surface area contributed by atoms with Gasteiger partial charge in [0.15, 0.2) is 0 Å². The molecule has 16 heavy (non-hydrogen) atoms. The summed E-state index contributed by atoms with van der Waals surface area (Å²) in [5.74, 6) is 0. The van der Waals surface area contributed by atoms with Crippen LogP contribution in [0.2, 0.25) is 0 Å². The minimum Gasteiger partial charge on any atom is -0.368 e. The van der Waals surface area contributed by atoms with Crippen LogP contribution in [0.15, 0.2) is 18.5 Å². The third-order valence-corrected chi connectivity index (χ3v) is 3.04. The summed E-state index contributed by atoms with van der Waals surface area (Å²) in [6.07, 6.45) is 3.44. The summed E-state index contributed by atoms with van der Waals surface area (Å²) in [6, 6.07) is 4.04. The first kappa shape index (κ1) is 10.9. The predicted molar refractivity (Wildman–Crippen MR) is 63.3 cm³/mol. The Hall–Kier alpha value is -1.60. The maximum absolute atomic E-state index is 8.82. The average Bonchev–Trinajstić information content (AvgIpc) is 2.39. The average molecular weight is 216 g/mol. The molecule has 2 heterocycles. The van der Waals surface area contributed by atoms with E-state index in [0.717, 1.165) is 38.4 Å². The molecule has 1 fully saturated rings. The lowest BCUT2D eigenvalue weighted by atomic mass is 10.2. The highest BCUT2D eigenvalue weighted by Crippen LogP contribution is 2.16. The predicted octanol–water partition coefficient (Wildman–Crippen LogP) is 1.10. The third-order valence-electron chi connectivity index (χ3n) is 3.04. The molecule has 1 saturated heterocycles. The molecule has 0 amide bonds. The summed E-state index contributed by atoms with van der Waals surface area (Å²) in [5, 5.41) is 8.82. The number of hydrogen-bond acceptors (Lipinski definition) is 4. The Morgan fingerprint density at radius 2 is 2.06 bits per heavy atom. The highest BCUT2D eigenvalue weighted by molar-refractivity contribution is 5.49. The van der Waals surface area contributed by atoms with Gasteiger partial charge >= 0.3 is 0 Å². The lowest BCUT2D eigenvalue weighted by Gasteiger charge is -2.35. The van der Waals surface area contributed by atoms with E-state index in [0.29, 0.717) is 5.56 Å². The molecule has 0 atom stereocenters. The molecule has 1 aromatic rings. The quantitative estimate of drug-likeness (QED) is 0.742. The number of anilines is 1. The van der Waals surface area contributed by atoms with Crippen molar-refractivity contribution in [3.05, 3.63) is 24.0 Å². The van der Waals surface area contributed by atoms with Crippen LogP contribution in [0.5, 0.6) is 0 Å². The first-order valence-corrected chi connectivity index (χ1v) is 5.66. The van der Waals surface area contributed by atoms with Crippen LogP contribution >= 0.6 is 0 Å². The molecule has 0 spiro atoms. The Labute approximate surface area is 96.1 Å². The zero-order valence-corrected chi connectivity index (χ0v) is 9.56. The number of rotatable bonds is 2. The molecule has 0 radical (unpaired) electrons. The maximum Gasteiger partial charge on any atom is 0.101 e.